The molecule has 2 amide bonds. The van der Waals surface area contributed by atoms with Crippen molar-refractivity contribution in [3.8, 4) is 11.5 Å². The molecule has 0 spiro atoms. The van der Waals surface area contributed by atoms with Gasteiger partial charge in [0.25, 0.3) is 5.91 Å². The van der Waals surface area contributed by atoms with E-state index in [1.165, 1.54) is 26.2 Å². The molecule has 9 heteroatoms. The van der Waals surface area contributed by atoms with Crippen molar-refractivity contribution in [1.29, 1.82) is 0 Å². The van der Waals surface area contributed by atoms with E-state index in [1.54, 1.807) is 0 Å². The van der Waals surface area contributed by atoms with Gasteiger partial charge in [-0.3, -0.25) is 10.1 Å². The Hall–Kier alpha value is -2.48. The number of hydrogen-bond acceptors (Lipinski definition) is 7. The summed E-state index contributed by atoms with van der Waals surface area (Å²) in [5.74, 6) is -1.02. The fourth-order valence-electron chi connectivity index (χ4n) is 1.83. The topological polar surface area (TPSA) is 100 Å². The lowest BCUT2D eigenvalue weighted by molar-refractivity contribution is -0.128. The quantitative estimate of drug-likeness (QED) is 0.540. The van der Waals surface area contributed by atoms with Crippen LogP contribution < -0.4 is 14.8 Å². The van der Waals surface area contributed by atoms with Gasteiger partial charge in [0.2, 0.25) is 0 Å². The van der Waals surface area contributed by atoms with Crippen LogP contribution in [0.4, 0.5) is 4.79 Å². The molecular formula is C17H22ClNO7. The smallest absolute Gasteiger partial charge is 0.413 e. The van der Waals surface area contributed by atoms with Crippen molar-refractivity contribution < 1.29 is 33.3 Å². The van der Waals surface area contributed by atoms with E-state index in [0.717, 1.165) is 20.0 Å². The minimum Gasteiger partial charge on any atom is -0.493 e. The maximum atomic E-state index is 12.2. The average molecular weight is 388 g/mol. The zero-order valence-corrected chi connectivity index (χ0v) is 15.8. The first-order valence-electron chi connectivity index (χ1n) is 7.94. The number of rotatable bonds is 8. The number of amides is 2. The van der Waals surface area contributed by atoms with E-state index in [2.05, 4.69) is 4.74 Å². The van der Waals surface area contributed by atoms with E-state index >= 15 is 0 Å². The molecule has 1 rings (SSSR count). The van der Waals surface area contributed by atoms with Crippen molar-refractivity contribution in [2.75, 3.05) is 20.8 Å². The lowest BCUT2D eigenvalue weighted by Gasteiger charge is -2.15. The van der Waals surface area contributed by atoms with E-state index in [-0.39, 0.29) is 16.3 Å². The molecule has 0 aliphatic carbocycles. The molecule has 1 N–H and O–H groups in total. The second-order valence-electron chi connectivity index (χ2n) is 5.22. The number of esters is 1. The van der Waals surface area contributed by atoms with Crippen molar-refractivity contribution in [3.05, 3.63) is 22.7 Å². The summed E-state index contributed by atoms with van der Waals surface area (Å²) >= 11 is 6.17. The summed E-state index contributed by atoms with van der Waals surface area (Å²) in [5.41, 5.74) is 0.0763. The molecule has 0 saturated heterocycles. The monoisotopic (exact) mass is 387 g/mol. The Morgan fingerprint density at radius 1 is 1.23 bits per heavy atom. The van der Waals surface area contributed by atoms with Gasteiger partial charge in [-0.05, 0) is 25.5 Å². The number of unbranched alkanes of at least 4 members (excludes halogenated alkanes) is 1. The molecule has 0 aliphatic rings. The molecule has 0 unspecified atom stereocenters. The Morgan fingerprint density at radius 3 is 2.50 bits per heavy atom. The molecule has 0 aliphatic heterocycles. The molecule has 1 atom stereocenters. The Morgan fingerprint density at radius 2 is 1.92 bits per heavy atom. The maximum absolute atomic E-state index is 12.2. The SMILES string of the molecule is CCCCOc1c(Cl)cc(C(=O)O[C@@H](C)C(=O)NC(=O)OC)cc1OC. The van der Waals surface area contributed by atoms with Crippen molar-refractivity contribution in [1.82, 2.24) is 5.32 Å². The predicted molar refractivity (Wildman–Crippen MR) is 93.8 cm³/mol. The molecule has 1 aromatic carbocycles. The molecule has 26 heavy (non-hydrogen) atoms. The number of imide groups is 1. The van der Waals surface area contributed by atoms with Gasteiger partial charge in [-0.25, -0.2) is 9.59 Å². The van der Waals surface area contributed by atoms with Crippen LogP contribution in [-0.2, 0) is 14.3 Å². The lowest BCUT2D eigenvalue weighted by atomic mass is 10.2. The minimum atomic E-state index is -1.22. The first kappa shape index (κ1) is 21.6. The van der Waals surface area contributed by atoms with Gasteiger partial charge in [-0.1, -0.05) is 24.9 Å². The molecule has 8 nitrogen and oxygen atoms in total. The first-order valence-corrected chi connectivity index (χ1v) is 8.31. The van der Waals surface area contributed by atoms with E-state index in [0.29, 0.717) is 12.4 Å². The summed E-state index contributed by atoms with van der Waals surface area (Å²) in [4.78, 5) is 35.0. The zero-order chi connectivity index (χ0) is 19.7. The summed E-state index contributed by atoms with van der Waals surface area (Å²) in [5, 5.41) is 2.09. The summed E-state index contributed by atoms with van der Waals surface area (Å²) in [6, 6.07) is 2.76. The van der Waals surface area contributed by atoms with Gasteiger partial charge in [0, 0.05) is 0 Å². The average Bonchev–Trinajstić information content (AvgIpc) is 2.62. The van der Waals surface area contributed by atoms with Crippen molar-refractivity contribution in [2.24, 2.45) is 0 Å². The van der Waals surface area contributed by atoms with E-state index < -0.39 is 24.1 Å². The van der Waals surface area contributed by atoms with Gasteiger partial charge in [0.15, 0.2) is 17.6 Å². The van der Waals surface area contributed by atoms with Crippen LogP contribution in [0.2, 0.25) is 5.02 Å². The highest BCUT2D eigenvalue weighted by atomic mass is 35.5. The van der Waals surface area contributed by atoms with E-state index in [1.807, 2.05) is 12.2 Å². The predicted octanol–water partition coefficient (Wildman–Crippen LogP) is 2.96. The molecule has 0 fully saturated rings. The van der Waals surface area contributed by atoms with Gasteiger partial charge in [0.05, 0.1) is 31.4 Å². The fourth-order valence-corrected chi connectivity index (χ4v) is 2.10. The molecule has 144 valence electrons. The molecular weight excluding hydrogens is 366 g/mol. The number of benzene rings is 1. The second kappa shape index (κ2) is 10.5. The fraction of sp³-hybridized carbons (Fsp3) is 0.471. The highest BCUT2D eigenvalue weighted by Gasteiger charge is 2.23. The maximum Gasteiger partial charge on any atom is 0.413 e. The zero-order valence-electron chi connectivity index (χ0n) is 15.1. The van der Waals surface area contributed by atoms with Crippen LogP contribution in [0.1, 0.15) is 37.0 Å². The Kier molecular flexibility index (Phi) is 8.71. The normalized spacial score (nSPS) is 11.3. The number of hydrogen-bond donors (Lipinski definition) is 1. The summed E-state index contributed by atoms with van der Waals surface area (Å²) in [6.45, 7) is 3.80. The van der Waals surface area contributed by atoms with Crippen LogP contribution in [-0.4, -0.2) is 44.9 Å². The third-order valence-electron chi connectivity index (χ3n) is 3.27. The summed E-state index contributed by atoms with van der Waals surface area (Å²) < 4.78 is 20.1. The summed E-state index contributed by atoms with van der Waals surface area (Å²) in [6.07, 6.45) is -0.366. The van der Waals surface area contributed by atoms with Crippen LogP contribution >= 0.6 is 11.6 Å². The van der Waals surface area contributed by atoms with Crippen molar-refractivity contribution >= 4 is 29.6 Å². The van der Waals surface area contributed by atoms with Crippen LogP contribution in [0.5, 0.6) is 11.5 Å². The number of nitrogens with one attached hydrogen (secondary N) is 1. The molecule has 1 aromatic rings. The third-order valence-corrected chi connectivity index (χ3v) is 3.55. The van der Waals surface area contributed by atoms with E-state index in [9.17, 15) is 14.4 Å². The Labute approximate surface area is 156 Å². The largest absolute Gasteiger partial charge is 0.493 e. The molecule has 0 bridgehead atoms. The number of carbonyl (C=O) groups is 3. The van der Waals surface area contributed by atoms with Crippen LogP contribution in [0.15, 0.2) is 12.1 Å². The Bertz CT molecular complexity index is 663. The summed E-state index contributed by atoms with van der Waals surface area (Å²) in [7, 11) is 2.53. The van der Waals surface area contributed by atoms with Gasteiger partial charge in [-0.2, -0.15) is 0 Å². The van der Waals surface area contributed by atoms with Crippen LogP contribution in [0, 0.1) is 0 Å². The number of alkyl carbamates (subject to hydrolysis) is 1. The highest BCUT2D eigenvalue weighted by Crippen LogP contribution is 2.36. The number of ether oxygens (including phenoxy) is 4. The lowest BCUT2D eigenvalue weighted by Crippen LogP contribution is -2.39. The second-order valence-corrected chi connectivity index (χ2v) is 5.63. The third kappa shape index (κ3) is 6.11. The van der Waals surface area contributed by atoms with Gasteiger partial charge < -0.3 is 18.9 Å². The molecule has 0 radical (unpaired) electrons. The molecule has 0 aromatic heterocycles. The Balaban J connectivity index is 2.87. The molecule has 0 saturated carbocycles. The number of halogens is 1. The van der Waals surface area contributed by atoms with Crippen molar-refractivity contribution in [2.45, 2.75) is 32.8 Å². The van der Waals surface area contributed by atoms with Gasteiger partial charge >= 0.3 is 12.1 Å². The minimum absolute atomic E-state index is 0.0763. The van der Waals surface area contributed by atoms with Crippen molar-refractivity contribution in [3.63, 3.8) is 0 Å². The van der Waals surface area contributed by atoms with Crippen LogP contribution in [0.3, 0.4) is 0 Å². The molecule has 0 heterocycles. The number of methoxy groups -OCH3 is 2. The number of carbonyl (C=O) groups excluding carboxylic acids is 3. The standard InChI is InChI=1S/C17H22ClNO7/c1-5-6-7-25-14-12(18)8-11(9-13(14)23-3)16(21)26-10(2)15(20)19-17(22)24-4/h8-10H,5-7H2,1-4H3,(H,19,20,22)/t10-/m0/s1. The van der Waals surface area contributed by atoms with Gasteiger partial charge in [0.1, 0.15) is 0 Å². The first-order chi connectivity index (χ1) is 12.3. The van der Waals surface area contributed by atoms with E-state index in [4.69, 9.17) is 25.8 Å². The van der Waals surface area contributed by atoms with Crippen LogP contribution in [0.25, 0.3) is 0 Å². The van der Waals surface area contributed by atoms with Gasteiger partial charge in [-0.15, -0.1) is 0 Å². The highest BCUT2D eigenvalue weighted by molar-refractivity contribution is 6.32.